The van der Waals surface area contributed by atoms with Gasteiger partial charge < -0.3 is 14.8 Å². The molecule has 2 heterocycles. The van der Waals surface area contributed by atoms with Crippen LogP contribution >= 0.6 is 0 Å². The van der Waals surface area contributed by atoms with Gasteiger partial charge in [0.1, 0.15) is 6.17 Å². The molecule has 1 amide bonds. The highest BCUT2D eigenvalue weighted by Gasteiger charge is 2.23. The number of hydrogen-bond donors (Lipinski definition) is 1. The minimum atomic E-state index is -0.807. The number of carbonyl (C=O) groups is 1. The zero-order valence-corrected chi connectivity index (χ0v) is 10.4. The fourth-order valence-corrected chi connectivity index (χ4v) is 2.31. The van der Waals surface area contributed by atoms with Gasteiger partial charge in [-0.3, -0.25) is 9.69 Å². The number of ether oxygens (including phenoxy) is 2. The molecule has 1 aromatic carbocycles. The lowest BCUT2D eigenvalue weighted by Crippen LogP contribution is -2.31. The summed E-state index contributed by atoms with van der Waals surface area (Å²) in [6.45, 7) is 1.40. The maximum absolute atomic E-state index is 13.0. The van der Waals surface area contributed by atoms with E-state index < -0.39 is 6.17 Å². The Morgan fingerprint density at radius 1 is 1.42 bits per heavy atom. The number of alkyl halides is 1. The molecule has 1 aromatic rings. The molecule has 19 heavy (non-hydrogen) atoms. The quantitative estimate of drug-likeness (QED) is 0.898. The number of rotatable bonds is 3. The lowest BCUT2D eigenvalue weighted by Gasteiger charge is -2.14. The monoisotopic (exact) mass is 266 g/mol. The summed E-state index contributed by atoms with van der Waals surface area (Å²) in [5.41, 5.74) is 0.658. The molecule has 1 N–H and O–H groups in total. The van der Waals surface area contributed by atoms with Crippen LogP contribution in [0.1, 0.15) is 6.42 Å². The van der Waals surface area contributed by atoms with Crippen LogP contribution in [0.4, 0.5) is 10.1 Å². The van der Waals surface area contributed by atoms with Crippen molar-refractivity contribution in [1.82, 2.24) is 4.90 Å². The van der Waals surface area contributed by atoms with Crippen molar-refractivity contribution in [3.8, 4) is 11.5 Å². The third kappa shape index (κ3) is 2.78. The Hall–Kier alpha value is -1.82. The number of likely N-dealkylation sites (tertiary alicyclic amines) is 1. The summed E-state index contributed by atoms with van der Waals surface area (Å²) in [5.74, 6) is 1.16. The largest absolute Gasteiger partial charge is 0.454 e. The Morgan fingerprint density at radius 2 is 2.26 bits per heavy atom. The molecule has 0 aromatic heterocycles. The summed E-state index contributed by atoms with van der Waals surface area (Å²) in [6, 6.07) is 5.24. The van der Waals surface area contributed by atoms with Crippen LogP contribution < -0.4 is 14.8 Å². The molecule has 0 bridgehead atoms. The summed E-state index contributed by atoms with van der Waals surface area (Å²) in [4.78, 5) is 13.6. The van der Waals surface area contributed by atoms with Crippen LogP contribution in [0.15, 0.2) is 18.2 Å². The second kappa shape index (κ2) is 5.05. The van der Waals surface area contributed by atoms with E-state index in [0.29, 0.717) is 36.7 Å². The van der Waals surface area contributed by atoms with E-state index >= 15 is 0 Å². The van der Waals surface area contributed by atoms with Crippen molar-refractivity contribution < 1.29 is 18.7 Å². The molecule has 0 spiro atoms. The van der Waals surface area contributed by atoms with Gasteiger partial charge in [-0.05, 0) is 18.6 Å². The number of benzene rings is 1. The van der Waals surface area contributed by atoms with Crippen LogP contribution in [0, 0.1) is 0 Å². The Balaban J connectivity index is 1.57. The average molecular weight is 266 g/mol. The number of nitrogens with one attached hydrogen (secondary N) is 1. The topological polar surface area (TPSA) is 50.8 Å². The van der Waals surface area contributed by atoms with Crippen LogP contribution in [-0.2, 0) is 4.79 Å². The molecule has 2 aliphatic rings. The lowest BCUT2D eigenvalue weighted by molar-refractivity contribution is -0.117. The predicted octanol–water partition coefficient (Wildman–Crippen LogP) is 1.40. The highest BCUT2D eigenvalue weighted by atomic mass is 19.1. The molecule has 1 fully saturated rings. The van der Waals surface area contributed by atoms with Crippen LogP contribution in [0.2, 0.25) is 0 Å². The van der Waals surface area contributed by atoms with Gasteiger partial charge >= 0.3 is 0 Å². The number of hydrogen-bond acceptors (Lipinski definition) is 4. The summed E-state index contributed by atoms with van der Waals surface area (Å²) in [5, 5.41) is 2.77. The van der Waals surface area contributed by atoms with E-state index in [4.69, 9.17) is 9.47 Å². The van der Waals surface area contributed by atoms with Crippen molar-refractivity contribution >= 4 is 11.6 Å². The normalized spacial score (nSPS) is 21.6. The molecular formula is C13H15FN2O3. The van der Waals surface area contributed by atoms with E-state index in [9.17, 15) is 9.18 Å². The van der Waals surface area contributed by atoms with Gasteiger partial charge in [-0.15, -0.1) is 0 Å². The maximum atomic E-state index is 13.0. The SMILES string of the molecule is O=C(CN1CCC(F)C1)Nc1ccc2c(c1)OCO2. The van der Waals surface area contributed by atoms with Crippen LogP contribution in [0.25, 0.3) is 0 Å². The first-order valence-corrected chi connectivity index (χ1v) is 6.26. The third-order valence-corrected chi connectivity index (χ3v) is 3.24. The first kappa shape index (κ1) is 12.2. The highest BCUT2D eigenvalue weighted by molar-refractivity contribution is 5.92. The van der Waals surface area contributed by atoms with E-state index in [-0.39, 0.29) is 19.2 Å². The first-order valence-electron chi connectivity index (χ1n) is 6.26. The second-order valence-corrected chi connectivity index (χ2v) is 4.74. The van der Waals surface area contributed by atoms with E-state index in [1.165, 1.54) is 0 Å². The highest BCUT2D eigenvalue weighted by Crippen LogP contribution is 2.34. The van der Waals surface area contributed by atoms with Crippen molar-refractivity contribution in [1.29, 1.82) is 0 Å². The van der Waals surface area contributed by atoms with Gasteiger partial charge in [-0.2, -0.15) is 0 Å². The van der Waals surface area contributed by atoms with Crippen LogP contribution in [0.3, 0.4) is 0 Å². The summed E-state index contributed by atoms with van der Waals surface area (Å²) < 4.78 is 23.4. The molecule has 1 atom stereocenters. The van der Waals surface area contributed by atoms with Gasteiger partial charge in [-0.1, -0.05) is 0 Å². The van der Waals surface area contributed by atoms with E-state index in [1.54, 1.807) is 18.2 Å². The standard InChI is InChI=1S/C13H15FN2O3/c14-9-3-4-16(6-9)7-13(17)15-10-1-2-11-12(5-10)19-8-18-11/h1-2,5,9H,3-4,6-8H2,(H,15,17). The van der Waals surface area contributed by atoms with Crippen molar-refractivity contribution in [3.63, 3.8) is 0 Å². The molecule has 6 heteroatoms. The number of anilines is 1. The van der Waals surface area contributed by atoms with Gasteiger partial charge in [0.15, 0.2) is 11.5 Å². The minimum Gasteiger partial charge on any atom is -0.454 e. The third-order valence-electron chi connectivity index (χ3n) is 3.24. The average Bonchev–Trinajstić information content (AvgIpc) is 2.97. The number of nitrogens with zero attached hydrogens (tertiary/aromatic N) is 1. The van der Waals surface area contributed by atoms with Gasteiger partial charge in [0.05, 0.1) is 6.54 Å². The first-order chi connectivity index (χ1) is 9.20. The molecule has 0 radical (unpaired) electrons. The molecule has 5 nitrogen and oxygen atoms in total. The van der Waals surface area contributed by atoms with E-state index in [1.807, 2.05) is 4.90 Å². The van der Waals surface area contributed by atoms with E-state index in [2.05, 4.69) is 5.32 Å². The molecule has 0 saturated carbocycles. The molecule has 0 aliphatic carbocycles. The number of halogens is 1. The number of carbonyl (C=O) groups excluding carboxylic acids is 1. The fourth-order valence-electron chi connectivity index (χ4n) is 2.31. The van der Waals surface area contributed by atoms with Crippen molar-refractivity contribution in [2.45, 2.75) is 12.6 Å². The summed E-state index contributed by atoms with van der Waals surface area (Å²) in [7, 11) is 0. The molecule has 102 valence electrons. The Labute approximate surface area is 110 Å². The Kier molecular flexibility index (Phi) is 3.25. The summed E-state index contributed by atoms with van der Waals surface area (Å²) >= 11 is 0. The van der Waals surface area contributed by atoms with Crippen molar-refractivity contribution in [3.05, 3.63) is 18.2 Å². The van der Waals surface area contributed by atoms with Crippen LogP contribution in [0.5, 0.6) is 11.5 Å². The van der Waals surface area contributed by atoms with Gasteiger partial charge in [-0.25, -0.2) is 4.39 Å². The number of amides is 1. The van der Waals surface area contributed by atoms with Gasteiger partial charge in [0.2, 0.25) is 12.7 Å². The zero-order valence-electron chi connectivity index (χ0n) is 10.4. The summed E-state index contributed by atoms with van der Waals surface area (Å²) in [6.07, 6.45) is -0.296. The Morgan fingerprint density at radius 3 is 3.05 bits per heavy atom. The second-order valence-electron chi connectivity index (χ2n) is 4.74. The Bertz CT molecular complexity index is 495. The zero-order chi connectivity index (χ0) is 13.2. The molecule has 1 saturated heterocycles. The van der Waals surface area contributed by atoms with Crippen molar-refractivity contribution in [2.75, 3.05) is 31.7 Å². The number of fused-ring (bicyclic) bond motifs is 1. The molecule has 1 unspecified atom stereocenters. The predicted molar refractivity (Wildman–Crippen MR) is 67.1 cm³/mol. The van der Waals surface area contributed by atoms with Crippen molar-refractivity contribution in [2.24, 2.45) is 0 Å². The lowest BCUT2D eigenvalue weighted by atomic mass is 10.2. The smallest absolute Gasteiger partial charge is 0.238 e. The molecule has 3 rings (SSSR count). The minimum absolute atomic E-state index is 0.145. The van der Waals surface area contributed by atoms with Crippen LogP contribution in [-0.4, -0.2) is 43.4 Å². The van der Waals surface area contributed by atoms with E-state index in [0.717, 1.165) is 0 Å². The maximum Gasteiger partial charge on any atom is 0.238 e. The fraction of sp³-hybridized carbons (Fsp3) is 0.462. The molecule has 2 aliphatic heterocycles. The van der Waals surface area contributed by atoms with Gasteiger partial charge in [0, 0.05) is 24.8 Å². The molecular weight excluding hydrogens is 251 g/mol. The van der Waals surface area contributed by atoms with Gasteiger partial charge in [0.25, 0.3) is 0 Å².